The van der Waals surface area contributed by atoms with Crippen molar-refractivity contribution in [3.8, 4) is 0 Å². The molecule has 0 radical (unpaired) electrons. The highest BCUT2D eigenvalue weighted by molar-refractivity contribution is 7.90. The largest absolute Gasteiger partial charge is 0.444 e. The van der Waals surface area contributed by atoms with E-state index in [1.54, 1.807) is 37.9 Å². The smallest absolute Gasteiger partial charge is 0.410 e. The molecule has 11 heteroatoms. The number of benzene rings is 1. The molecule has 36 heavy (non-hydrogen) atoms. The van der Waals surface area contributed by atoms with Crippen LogP contribution in [0.1, 0.15) is 39.2 Å². The van der Waals surface area contributed by atoms with Crippen molar-refractivity contribution in [3.63, 3.8) is 0 Å². The molecule has 1 aromatic heterocycles. The fourth-order valence-corrected chi connectivity index (χ4v) is 5.50. The first-order valence-electron chi connectivity index (χ1n) is 12.2. The van der Waals surface area contributed by atoms with Gasteiger partial charge in [-0.2, -0.15) is 0 Å². The number of carbonyl (C=O) groups excluding carboxylic acids is 2. The van der Waals surface area contributed by atoms with Crippen LogP contribution in [0.15, 0.2) is 30.5 Å². The van der Waals surface area contributed by atoms with Gasteiger partial charge in [-0.15, -0.1) is 0 Å². The third-order valence-corrected chi connectivity index (χ3v) is 7.78. The van der Waals surface area contributed by atoms with Gasteiger partial charge in [-0.1, -0.05) is 12.1 Å². The van der Waals surface area contributed by atoms with E-state index in [9.17, 15) is 18.0 Å². The van der Waals surface area contributed by atoms with E-state index in [0.717, 1.165) is 23.8 Å². The summed E-state index contributed by atoms with van der Waals surface area (Å²) in [6, 6.07) is 7.45. The molecule has 0 bridgehead atoms. The van der Waals surface area contributed by atoms with Gasteiger partial charge in [0.15, 0.2) is 6.10 Å². The van der Waals surface area contributed by atoms with Crippen LogP contribution in [0.4, 0.5) is 4.79 Å². The number of fused-ring (bicyclic) bond motifs is 1. The zero-order valence-corrected chi connectivity index (χ0v) is 22.1. The zero-order valence-electron chi connectivity index (χ0n) is 21.3. The number of rotatable bonds is 8. The normalized spacial score (nSPS) is 18.9. The standard InChI is InChI=1S/C25H35N3O7S/c1-25(2,3)35-24(30)26-11-12-34-22(17-26)23(29)27(20-7-8-20)16-18-5-6-19-9-10-28(21(19)15-18)36(31,32)14-13-33-4/h5-6,9-10,15,20,22H,7-8,11-14,16-17H2,1-4H3. The Balaban J connectivity index is 1.51. The molecule has 2 amide bonds. The minimum absolute atomic E-state index is 0.103. The minimum Gasteiger partial charge on any atom is -0.444 e. The topological polar surface area (TPSA) is 107 Å². The lowest BCUT2D eigenvalue weighted by atomic mass is 10.1. The van der Waals surface area contributed by atoms with Gasteiger partial charge < -0.3 is 24.0 Å². The Hall–Kier alpha value is -2.63. The molecule has 198 valence electrons. The number of hydrogen-bond donors (Lipinski definition) is 0. The highest BCUT2D eigenvalue weighted by Crippen LogP contribution is 2.31. The maximum Gasteiger partial charge on any atom is 0.410 e. The molecule has 1 saturated carbocycles. The Morgan fingerprint density at radius 1 is 1.19 bits per heavy atom. The molecule has 1 unspecified atom stereocenters. The summed E-state index contributed by atoms with van der Waals surface area (Å²) >= 11 is 0. The summed E-state index contributed by atoms with van der Waals surface area (Å²) in [6.45, 7) is 6.61. The third-order valence-electron chi connectivity index (χ3n) is 6.18. The van der Waals surface area contributed by atoms with Gasteiger partial charge in [-0.05, 0) is 51.3 Å². The summed E-state index contributed by atoms with van der Waals surface area (Å²) < 4.78 is 43.0. The number of carbonyl (C=O) groups is 2. The van der Waals surface area contributed by atoms with Crippen LogP contribution in [0.2, 0.25) is 0 Å². The van der Waals surface area contributed by atoms with Crippen molar-refractivity contribution in [2.45, 2.75) is 57.9 Å². The highest BCUT2D eigenvalue weighted by Gasteiger charge is 2.39. The number of hydrogen-bond acceptors (Lipinski definition) is 7. The summed E-state index contributed by atoms with van der Waals surface area (Å²) in [5, 5.41) is 0.799. The summed E-state index contributed by atoms with van der Waals surface area (Å²) in [5.74, 6) is -0.300. The maximum absolute atomic E-state index is 13.5. The van der Waals surface area contributed by atoms with Crippen molar-refractivity contribution >= 4 is 32.9 Å². The lowest BCUT2D eigenvalue weighted by molar-refractivity contribution is -0.150. The van der Waals surface area contributed by atoms with Gasteiger partial charge in [0.2, 0.25) is 10.0 Å². The summed E-state index contributed by atoms with van der Waals surface area (Å²) in [4.78, 5) is 29.3. The Bertz CT molecular complexity index is 1210. The SMILES string of the molecule is COCCS(=O)(=O)n1ccc2ccc(CN(C(=O)C3CN(C(=O)OC(C)(C)C)CCO3)C3CC3)cc21. The number of methoxy groups -OCH3 is 1. The average Bonchev–Trinajstić information content (AvgIpc) is 3.57. The monoisotopic (exact) mass is 521 g/mol. The van der Waals surface area contributed by atoms with Gasteiger partial charge in [0.1, 0.15) is 5.60 Å². The first kappa shape index (κ1) is 26.4. The molecule has 2 aromatic rings. The van der Waals surface area contributed by atoms with Gasteiger partial charge in [-0.3, -0.25) is 4.79 Å². The van der Waals surface area contributed by atoms with E-state index in [4.69, 9.17) is 14.2 Å². The average molecular weight is 522 g/mol. The van der Waals surface area contributed by atoms with Crippen molar-refractivity contribution < 1.29 is 32.2 Å². The third kappa shape index (κ3) is 6.19. The van der Waals surface area contributed by atoms with Gasteiger partial charge >= 0.3 is 6.09 Å². The Labute approximate surface area is 212 Å². The number of morpholine rings is 1. The molecule has 2 heterocycles. The first-order valence-corrected chi connectivity index (χ1v) is 13.8. The van der Waals surface area contributed by atoms with Gasteiger partial charge in [0, 0.05) is 37.8 Å². The quantitative estimate of drug-likeness (QED) is 0.526. The van der Waals surface area contributed by atoms with Gasteiger partial charge in [0.25, 0.3) is 5.91 Å². The van der Waals surface area contributed by atoms with E-state index in [2.05, 4.69) is 0 Å². The molecule has 1 saturated heterocycles. The first-order chi connectivity index (χ1) is 17.0. The molecule has 2 fully saturated rings. The summed E-state index contributed by atoms with van der Waals surface area (Å²) in [5.41, 5.74) is 0.767. The molecule has 4 rings (SSSR count). The Morgan fingerprint density at radius 3 is 2.61 bits per heavy atom. The Kier molecular flexibility index (Phi) is 7.63. The molecular formula is C25H35N3O7S. The zero-order chi connectivity index (χ0) is 26.1. The molecule has 1 aromatic carbocycles. The fourth-order valence-electron chi connectivity index (χ4n) is 4.22. The Morgan fingerprint density at radius 2 is 1.94 bits per heavy atom. The minimum atomic E-state index is -3.57. The molecule has 1 aliphatic heterocycles. The second-order valence-corrected chi connectivity index (χ2v) is 12.3. The van der Waals surface area contributed by atoms with Gasteiger partial charge in [-0.25, -0.2) is 17.2 Å². The summed E-state index contributed by atoms with van der Waals surface area (Å²) in [7, 11) is -2.11. The van der Waals surface area contributed by atoms with Crippen LogP contribution in [0.25, 0.3) is 10.9 Å². The lowest BCUT2D eigenvalue weighted by Crippen LogP contribution is -2.53. The second kappa shape index (κ2) is 10.4. The molecule has 10 nitrogen and oxygen atoms in total. The van der Waals surface area contributed by atoms with Crippen LogP contribution in [-0.2, 0) is 35.6 Å². The molecule has 0 N–H and O–H groups in total. The van der Waals surface area contributed by atoms with E-state index >= 15 is 0 Å². The maximum atomic E-state index is 13.5. The molecule has 0 spiro atoms. The molecular weight excluding hydrogens is 486 g/mol. The van der Waals surface area contributed by atoms with Gasteiger partial charge in [0.05, 0.1) is 31.0 Å². The number of amides is 2. The predicted molar refractivity (Wildman–Crippen MR) is 134 cm³/mol. The van der Waals surface area contributed by atoms with Crippen molar-refractivity contribution in [3.05, 3.63) is 36.0 Å². The van der Waals surface area contributed by atoms with Crippen LogP contribution < -0.4 is 0 Å². The number of ether oxygens (including phenoxy) is 3. The van der Waals surface area contributed by atoms with E-state index in [-0.39, 0.29) is 37.5 Å². The van der Waals surface area contributed by atoms with Crippen molar-refractivity contribution in [1.29, 1.82) is 0 Å². The van der Waals surface area contributed by atoms with Crippen molar-refractivity contribution in [2.75, 3.05) is 39.2 Å². The second-order valence-electron chi connectivity index (χ2n) is 10.3. The van der Waals surface area contributed by atoms with Crippen molar-refractivity contribution in [1.82, 2.24) is 13.8 Å². The molecule has 2 aliphatic rings. The van der Waals surface area contributed by atoms with E-state index in [0.29, 0.717) is 18.6 Å². The van der Waals surface area contributed by atoms with E-state index < -0.39 is 27.8 Å². The van der Waals surface area contributed by atoms with Crippen LogP contribution in [-0.4, -0.2) is 91.1 Å². The molecule has 1 aliphatic carbocycles. The van der Waals surface area contributed by atoms with Crippen LogP contribution in [0.5, 0.6) is 0 Å². The van der Waals surface area contributed by atoms with Crippen molar-refractivity contribution in [2.24, 2.45) is 0 Å². The summed E-state index contributed by atoms with van der Waals surface area (Å²) in [6.07, 6.45) is 2.12. The van der Waals surface area contributed by atoms with Crippen LogP contribution in [0.3, 0.4) is 0 Å². The highest BCUT2D eigenvalue weighted by atomic mass is 32.2. The van der Waals surface area contributed by atoms with Crippen LogP contribution in [0, 0.1) is 0 Å². The van der Waals surface area contributed by atoms with E-state index in [1.807, 2.05) is 18.2 Å². The number of aromatic nitrogens is 1. The predicted octanol–water partition coefficient (Wildman–Crippen LogP) is 2.59. The lowest BCUT2D eigenvalue weighted by Gasteiger charge is -2.36. The van der Waals surface area contributed by atoms with E-state index in [1.165, 1.54) is 16.0 Å². The van der Waals surface area contributed by atoms with Crippen LogP contribution >= 0.6 is 0 Å². The fraction of sp³-hybridized carbons (Fsp3) is 0.600. The number of nitrogens with zero attached hydrogens (tertiary/aromatic N) is 3. The molecule has 1 atom stereocenters.